The van der Waals surface area contributed by atoms with E-state index in [1.54, 1.807) is 21.9 Å². The van der Waals surface area contributed by atoms with Crippen molar-refractivity contribution in [2.45, 2.75) is 6.04 Å². The summed E-state index contributed by atoms with van der Waals surface area (Å²) < 4.78 is 5.40. The lowest BCUT2D eigenvalue weighted by atomic mass is 9.93. The minimum absolute atomic E-state index is 0.0223. The lowest BCUT2D eigenvalue weighted by molar-refractivity contribution is -0.136. The first-order valence-electron chi connectivity index (χ1n) is 11.8. The Hall–Kier alpha value is -3.32. The van der Waals surface area contributed by atoms with Gasteiger partial charge in [0.25, 0.3) is 5.91 Å². The van der Waals surface area contributed by atoms with E-state index in [4.69, 9.17) is 27.9 Å². The highest BCUT2D eigenvalue weighted by molar-refractivity contribution is 6.36. The molecule has 2 aliphatic heterocycles. The summed E-state index contributed by atoms with van der Waals surface area (Å²) in [6, 6.07) is 20.5. The number of H-pyrrole nitrogens is 1. The van der Waals surface area contributed by atoms with Crippen LogP contribution in [0.25, 0.3) is 22.2 Å². The van der Waals surface area contributed by atoms with Crippen LogP contribution in [-0.2, 0) is 9.53 Å². The maximum absolute atomic E-state index is 13.7. The topological polar surface area (TPSA) is 65.6 Å². The fourth-order valence-electron chi connectivity index (χ4n) is 5.26. The molecular formula is C28H23Cl2N3O3. The van der Waals surface area contributed by atoms with Crippen molar-refractivity contribution in [2.24, 2.45) is 0 Å². The van der Waals surface area contributed by atoms with E-state index in [1.165, 1.54) is 0 Å². The van der Waals surface area contributed by atoms with Crippen molar-refractivity contribution >= 4 is 45.9 Å². The first-order valence-corrected chi connectivity index (χ1v) is 12.6. The number of nitrogens with one attached hydrogen (secondary N) is 1. The van der Waals surface area contributed by atoms with Crippen LogP contribution in [0, 0.1) is 0 Å². The van der Waals surface area contributed by atoms with Crippen LogP contribution in [0.4, 0.5) is 0 Å². The second kappa shape index (κ2) is 9.28. The molecule has 0 saturated carbocycles. The molecule has 1 aromatic heterocycles. The average Bonchev–Trinajstić information content (AvgIpc) is 3.39. The number of morpholine rings is 1. The molecule has 0 radical (unpaired) electrons. The zero-order chi connectivity index (χ0) is 24.8. The number of aromatic nitrogens is 1. The predicted octanol–water partition coefficient (Wildman–Crippen LogP) is 5.55. The van der Waals surface area contributed by atoms with Gasteiger partial charge in [0, 0.05) is 45.7 Å². The van der Waals surface area contributed by atoms with E-state index in [-0.39, 0.29) is 18.4 Å². The number of hydrogen-bond acceptors (Lipinski definition) is 3. The normalized spacial score (nSPS) is 17.6. The Morgan fingerprint density at radius 3 is 2.53 bits per heavy atom. The van der Waals surface area contributed by atoms with Gasteiger partial charge in [0.05, 0.1) is 30.0 Å². The van der Waals surface area contributed by atoms with Gasteiger partial charge in [-0.25, -0.2) is 0 Å². The summed E-state index contributed by atoms with van der Waals surface area (Å²) in [6.07, 6.45) is 0. The molecule has 36 heavy (non-hydrogen) atoms. The van der Waals surface area contributed by atoms with Gasteiger partial charge in [-0.3, -0.25) is 9.59 Å². The summed E-state index contributed by atoms with van der Waals surface area (Å²) in [6.45, 7) is 2.04. The fourth-order valence-corrected chi connectivity index (χ4v) is 5.76. The monoisotopic (exact) mass is 519 g/mol. The molecule has 3 heterocycles. The fraction of sp³-hybridized carbons (Fsp3) is 0.214. The Bertz CT molecular complexity index is 1490. The summed E-state index contributed by atoms with van der Waals surface area (Å²) in [7, 11) is 0. The van der Waals surface area contributed by atoms with Crippen molar-refractivity contribution in [2.75, 3.05) is 32.8 Å². The summed E-state index contributed by atoms with van der Waals surface area (Å²) in [5, 5.41) is 2.02. The van der Waals surface area contributed by atoms with Crippen LogP contribution in [0.2, 0.25) is 10.0 Å². The predicted molar refractivity (Wildman–Crippen MR) is 140 cm³/mol. The van der Waals surface area contributed by atoms with Crippen molar-refractivity contribution in [3.05, 3.63) is 93.5 Å². The second-order valence-corrected chi connectivity index (χ2v) is 9.84. The Balaban J connectivity index is 1.53. The van der Waals surface area contributed by atoms with Gasteiger partial charge in [0.2, 0.25) is 5.91 Å². The van der Waals surface area contributed by atoms with Crippen LogP contribution in [0.15, 0.2) is 66.7 Å². The highest BCUT2D eigenvalue weighted by atomic mass is 35.5. The molecule has 0 unspecified atom stereocenters. The largest absolute Gasteiger partial charge is 0.378 e. The molecule has 182 valence electrons. The Labute approximate surface area is 218 Å². The number of fused-ring (bicyclic) bond motifs is 2. The number of nitrogens with zero attached hydrogens (tertiary/aromatic N) is 2. The molecule has 3 aromatic carbocycles. The number of rotatable bonds is 4. The number of amides is 2. The van der Waals surface area contributed by atoms with Gasteiger partial charge in [0.1, 0.15) is 6.54 Å². The number of benzene rings is 3. The third-order valence-electron chi connectivity index (χ3n) is 6.95. The van der Waals surface area contributed by atoms with Gasteiger partial charge in [-0.15, -0.1) is 0 Å². The van der Waals surface area contributed by atoms with E-state index >= 15 is 0 Å². The Morgan fingerprint density at radius 2 is 1.72 bits per heavy atom. The van der Waals surface area contributed by atoms with Crippen molar-refractivity contribution in [3.63, 3.8) is 0 Å². The van der Waals surface area contributed by atoms with E-state index < -0.39 is 6.04 Å². The number of carbonyl (C=O) groups is 2. The second-order valence-electron chi connectivity index (χ2n) is 9.00. The van der Waals surface area contributed by atoms with Crippen molar-refractivity contribution in [1.82, 2.24) is 14.8 Å². The quantitative estimate of drug-likeness (QED) is 0.384. The van der Waals surface area contributed by atoms with Gasteiger partial charge in [0.15, 0.2) is 0 Å². The first-order chi connectivity index (χ1) is 17.5. The molecule has 4 aromatic rings. The summed E-state index contributed by atoms with van der Waals surface area (Å²) in [5.41, 5.74) is 4.89. The van der Waals surface area contributed by atoms with Gasteiger partial charge >= 0.3 is 0 Å². The van der Waals surface area contributed by atoms with Crippen LogP contribution in [0.1, 0.15) is 27.5 Å². The van der Waals surface area contributed by atoms with E-state index in [2.05, 4.69) is 4.98 Å². The summed E-state index contributed by atoms with van der Waals surface area (Å²) >= 11 is 12.9. The third-order valence-corrected chi connectivity index (χ3v) is 7.50. The van der Waals surface area contributed by atoms with Crippen molar-refractivity contribution in [3.8, 4) is 11.3 Å². The molecule has 8 heteroatoms. The van der Waals surface area contributed by atoms with Crippen LogP contribution in [0.3, 0.4) is 0 Å². The molecule has 1 atom stereocenters. The van der Waals surface area contributed by atoms with Gasteiger partial charge in [-0.2, -0.15) is 0 Å². The van der Waals surface area contributed by atoms with E-state index in [0.717, 1.165) is 33.3 Å². The molecule has 6 nitrogen and oxygen atoms in total. The maximum atomic E-state index is 13.7. The van der Waals surface area contributed by atoms with E-state index in [9.17, 15) is 9.59 Å². The average molecular weight is 520 g/mol. The number of aromatic amines is 1. The van der Waals surface area contributed by atoms with Crippen LogP contribution in [-0.4, -0.2) is 59.4 Å². The highest BCUT2D eigenvalue weighted by Crippen LogP contribution is 2.46. The maximum Gasteiger partial charge on any atom is 0.255 e. The molecule has 2 amide bonds. The van der Waals surface area contributed by atoms with Crippen molar-refractivity contribution < 1.29 is 14.3 Å². The number of halogens is 2. The summed E-state index contributed by atoms with van der Waals surface area (Å²) in [5.74, 6) is -0.244. The summed E-state index contributed by atoms with van der Waals surface area (Å²) in [4.78, 5) is 34.0. The van der Waals surface area contributed by atoms with Gasteiger partial charge < -0.3 is 19.5 Å². The molecule has 1 fully saturated rings. The van der Waals surface area contributed by atoms with Crippen LogP contribution >= 0.6 is 23.2 Å². The zero-order valence-corrected chi connectivity index (χ0v) is 20.9. The minimum Gasteiger partial charge on any atom is -0.378 e. The molecule has 0 bridgehead atoms. The molecule has 1 saturated heterocycles. The van der Waals surface area contributed by atoms with Crippen LogP contribution in [0.5, 0.6) is 0 Å². The Morgan fingerprint density at radius 1 is 0.972 bits per heavy atom. The Kier molecular flexibility index (Phi) is 5.96. The standard InChI is InChI=1S/C28H23Cl2N3O3/c29-17-9-10-20(22(30)15-17)26-25(21-7-3-4-8-23(21)31-26)27-18-5-1-2-6-19(18)28(35)33(27)16-24(34)32-11-13-36-14-12-32/h1-10,15,27,31H,11-14,16H2/t27-/m0/s1. The zero-order valence-electron chi connectivity index (χ0n) is 19.3. The molecule has 2 aliphatic rings. The van der Waals surface area contributed by atoms with Gasteiger partial charge in [-0.1, -0.05) is 59.6 Å². The molecule has 1 N–H and O–H groups in total. The molecule has 0 aliphatic carbocycles. The number of carbonyl (C=O) groups excluding carboxylic acids is 2. The number of hydrogen-bond donors (Lipinski definition) is 1. The smallest absolute Gasteiger partial charge is 0.255 e. The highest BCUT2D eigenvalue weighted by Gasteiger charge is 2.41. The lowest BCUT2D eigenvalue weighted by Crippen LogP contribution is -2.46. The first kappa shape index (κ1) is 23.1. The number of ether oxygens (including phenoxy) is 1. The molecular weight excluding hydrogens is 497 g/mol. The van der Waals surface area contributed by atoms with Crippen molar-refractivity contribution in [1.29, 1.82) is 0 Å². The number of para-hydroxylation sites is 1. The minimum atomic E-state index is -0.461. The van der Waals surface area contributed by atoms with Crippen LogP contribution < -0.4 is 0 Å². The third kappa shape index (κ3) is 3.86. The molecule has 0 spiro atoms. The molecule has 6 rings (SSSR count). The lowest BCUT2D eigenvalue weighted by Gasteiger charge is -2.31. The van der Waals surface area contributed by atoms with E-state index in [0.29, 0.717) is 41.9 Å². The van der Waals surface area contributed by atoms with E-state index in [1.807, 2.05) is 54.6 Å². The SMILES string of the molecule is O=C(CN1C(=O)c2ccccc2[C@H]1c1c(-c2ccc(Cl)cc2Cl)[nH]c2ccccc12)N1CCOCC1. The van der Waals surface area contributed by atoms with Gasteiger partial charge in [-0.05, 0) is 35.9 Å².